The van der Waals surface area contributed by atoms with Crippen molar-refractivity contribution in [1.82, 2.24) is 9.80 Å². The first-order valence-electron chi connectivity index (χ1n) is 9.12. The van der Waals surface area contributed by atoms with Crippen LogP contribution in [-0.4, -0.2) is 43.5 Å². The number of halogens is 3. The van der Waals surface area contributed by atoms with Crippen LogP contribution in [0.4, 0.5) is 13.2 Å². The molecule has 2 aromatic rings. The van der Waals surface area contributed by atoms with E-state index in [-0.39, 0.29) is 6.10 Å². The second-order valence-corrected chi connectivity index (χ2v) is 7.22. The number of fused-ring (bicyclic) bond motifs is 1. The van der Waals surface area contributed by atoms with Crippen molar-refractivity contribution < 1.29 is 17.9 Å². The van der Waals surface area contributed by atoms with Crippen molar-refractivity contribution in [2.45, 2.75) is 25.2 Å². The lowest BCUT2D eigenvalue weighted by Crippen LogP contribution is -2.37. The van der Waals surface area contributed by atoms with Crippen molar-refractivity contribution in [1.29, 1.82) is 0 Å². The molecule has 6 heteroatoms. The van der Waals surface area contributed by atoms with Gasteiger partial charge in [-0.3, -0.25) is 4.90 Å². The van der Waals surface area contributed by atoms with Gasteiger partial charge in [-0.15, -0.1) is 0 Å². The van der Waals surface area contributed by atoms with Gasteiger partial charge in [0.15, 0.2) is 0 Å². The summed E-state index contributed by atoms with van der Waals surface area (Å²) in [6.45, 7) is 3.57. The molecule has 1 unspecified atom stereocenters. The molecule has 0 fully saturated rings. The molecule has 0 radical (unpaired) electrons. The van der Waals surface area contributed by atoms with Crippen molar-refractivity contribution in [2.24, 2.45) is 0 Å². The van der Waals surface area contributed by atoms with Crippen LogP contribution in [0.2, 0.25) is 0 Å². The van der Waals surface area contributed by atoms with E-state index in [0.717, 1.165) is 50.3 Å². The average molecular weight is 378 g/mol. The number of nitrogens with zero attached hydrogens (tertiary/aromatic N) is 2. The highest BCUT2D eigenvalue weighted by atomic mass is 19.4. The Morgan fingerprint density at radius 1 is 1.07 bits per heavy atom. The molecule has 0 bridgehead atoms. The van der Waals surface area contributed by atoms with Gasteiger partial charge in [0.2, 0.25) is 0 Å². The topological polar surface area (TPSA) is 15.7 Å². The lowest BCUT2D eigenvalue weighted by atomic mass is 9.97. The van der Waals surface area contributed by atoms with Crippen molar-refractivity contribution in [2.75, 3.05) is 33.7 Å². The van der Waals surface area contributed by atoms with Gasteiger partial charge in [-0.05, 0) is 69.0 Å². The molecule has 1 atom stereocenters. The molecule has 0 saturated heterocycles. The van der Waals surface area contributed by atoms with Gasteiger partial charge >= 0.3 is 6.18 Å². The van der Waals surface area contributed by atoms with Crippen molar-refractivity contribution in [3.05, 3.63) is 65.2 Å². The first kappa shape index (κ1) is 19.7. The van der Waals surface area contributed by atoms with E-state index < -0.39 is 11.7 Å². The molecule has 0 spiro atoms. The first-order chi connectivity index (χ1) is 12.8. The average Bonchev–Trinajstić information content (AvgIpc) is 2.61. The third kappa shape index (κ3) is 5.23. The summed E-state index contributed by atoms with van der Waals surface area (Å²) in [5.41, 5.74) is 1.66. The third-order valence-electron chi connectivity index (χ3n) is 4.76. The monoisotopic (exact) mass is 378 g/mol. The molecule has 0 aromatic heterocycles. The van der Waals surface area contributed by atoms with E-state index in [1.807, 2.05) is 18.2 Å². The predicted octanol–water partition coefficient (Wildman–Crippen LogP) is 4.59. The summed E-state index contributed by atoms with van der Waals surface area (Å²) >= 11 is 0. The molecule has 0 amide bonds. The van der Waals surface area contributed by atoms with E-state index in [1.54, 1.807) is 0 Å². The summed E-state index contributed by atoms with van der Waals surface area (Å²) < 4.78 is 44.3. The Labute approximate surface area is 158 Å². The van der Waals surface area contributed by atoms with Crippen LogP contribution < -0.4 is 4.74 Å². The van der Waals surface area contributed by atoms with Gasteiger partial charge in [0.1, 0.15) is 11.9 Å². The van der Waals surface area contributed by atoms with Crippen molar-refractivity contribution in [3.63, 3.8) is 0 Å². The quantitative estimate of drug-likeness (QED) is 0.731. The molecule has 1 heterocycles. The SMILES string of the molecule is CN(C)CCCN1Cc2ccccc2C(Oc2ccc(C(F)(F)F)cc2)C1. The number of hydrogen-bond acceptors (Lipinski definition) is 3. The minimum Gasteiger partial charge on any atom is -0.484 e. The number of alkyl halides is 3. The molecule has 27 heavy (non-hydrogen) atoms. The van der Waals surface area contributed by atoms with Crippen LogP contribution >= 0.6 is 0 Å². The van der Waals surface area contributed by atoms with Crippen LogP contribution in [0.15, 0.2) is 48.5 Å². The third-order valence-corrected chi connectivity index (χ3v) is 4.76. The Morgan fingerprint density at radius 2 is 1.78 bits per heavy atom. The summed E-state index contributed by atoms with van der Waals surface area (Å²) in [5, 5.41) is 0. The summed E-state index contributed by atoms with van der Waals surface area (Å²) in [6.07, 6.45) is -3.47. The molecule has 0 saturated carbocycles. The van der Waals surface area contributed by atoms with Crippen molar-refractivity contribution >= 4 is 0 Å². The van der Waals surface area contributed by atoms with Gasteiger partial charge in [0.05, 0.1) is 5.56 Å². The highest BCUT2D eigenvalue weighted by molar-refractivity contribution is 5.34. The number of benzene rings is 2. The molecule has 146 valence electrons. The van der Waals surface area contributed by atoms with E-state index in [1.165, 1.54) is 17.7 Å². The molecule has 2 aromatic carbocycles. The zero-order valence-corrected chi connectivity index (χ0v) is 15.7. The highest BCUT2D eigenvalue weighted by Crippen LogP contribution is 2.33. The Balaban J connectivity index is 1.72. The van der Waals surface area contributed by atoms with Crippen LogP contribution in [0, 0.1) is 0 Å². The number of rotatable bonds is 6. The normalized spacial score (nSPS) is 17.8. The Kier molecular flexibility index (Phi) is 6.07. The molecule has 1 aliphatic rings. The van der Waals surface area contributed by atoms with Gasteiger partial charge in [0.25, 0.3) is 0 Å². The largest absolute Gasteiger partial charge is 0.484 e. The lowest BCUT2D eigenvalue weighted by molar-refractivity contribution is -0.137. The lowest BCUT2D eigenvalue weighted by Gasteiger charge is -2.35. The van der Waals surface area contributed by atoms with Gasteiger partial charge in [-0.1, -0.05) is 24.3 Å². The van der Waals surface area contributed by atoms with E-state index in [9.17, 15) is 13.2 Å². The van der Waals surface area contributed by atoms with E-state index in [0.29, 0.717) is 5.75 Å². The molecule has 0 N–H and O–H groups in total. The summed E-state index contributed by atoms with van der Waals surface area (Å²) in [7, 11) is 4.12. The Bertz CT molecular complexity index is 744. The number of ether oxygens (including phenoxy) is 1. The zero-order chi connectivity index (χ0) is 19.4. The summed E-state index contributed by atoms with van der Waals surface area (Å²) in [4.78, 5) is 4.51. The molecular formula is C21H25F3N2O. The van der Waals surface area contributed by atoms with E-state index in [2.05, 4.69) is 30.0 Å². The van der Waals surface area contributed by atoms with Crippen LogP contribution in [-0.2, 0) is 12.7 Å². The number of hydrogen-bond donors (Lipinski definition) is 0. The molecular weight excluding hydrogens is 353 g/mol. The minimum atomic E-state index is -4.33. The second kappa shape index (κ2) is 8.31. The zero-order valence-electron chi connectivity index (χ0n) is 15.7. The fourth-order valence-corrected chi connectivity index (χ4v) is 3.40. The Morgan fingerprint density at radius 3 is 2.44 bits per heavy atom. The van der Waals surface area contributed by atoms with Crippen LogP contribution in [0.5, 0.6) is 5.75 Å². The maximum Gasteiger partial charge on any atom is 0.416 e. The van der Waals surface area contributed by atoms with Crippen molar-refractivity contribution in [3.8, 4) is 5.75 Å². The highest BCUT2D eigenvalue weighted by Gasteiger charge is 2.30. The van der Waals surface area contributed by atoms with Crippen LogP contribution in [0.3, 0.4) is 0 Å². The summed E-state index contributed by atoms with van der Waals surface area (Å²) in [5.74, 6) is 0.456. The molecule has 1 aliphatic heterocycles. The second-order valence-electron chi connectivity index (χ2n) is 7.22. The summed E-state index contributed by atoms with van der Waals surface area (Å²) in [6, 6.07) is 13.1. The fourth-order valence-electron chi connectivity index (χ4n) is 3.40. The van der Waals surface area contributed by atoms with Crippen LogP contribution in [0.1, 0.15) is 29.2 Å². The van der Waals surface area contributed by atoms with Crippen LogP contribution in [0.25, 0.3) is 0 Å². The minimum absolute atomic E-state index is 0.189. The smallest absolute Gasteiger partial charge is 0.416 e. The molecule has 0 aliphatic carbocycles. The van der Waals surface area contributed by atoms with Gasteiger partial charge < -0.3 is 9.64 Å². The van der Waals surface area contributed by atoms with Gasteiger partial charge in [-0.25, -0.2) is 0 Å². The van der Waals surface area contributed by atoms with E-state index in [4.69, 9.17) is 4.74 Å². The van der Waals surface area contributed by atoms with Gasteiger partial charge in [0, 0.05) is 13.1 Å². The maximum atomic E-state index is 12.8. The molecule has 3 nitrogen and oxygen atoms in total. The standard InChI is InChI=1S/C21H25F3N2O/c1-25(2)12-5-13-26-14-16-6-3-4-7-19(16)20(15-26)27-18-10-8-17(9-11-18)21(22,23)24/h3-4,6-11,20H,5,12-15H2,1-2H3. The van der Waals surface area contributed by atoms with E-state index >= 15 is 0 Å². The predicted molar refractivity (Wildman–Crippen MR) is 99.7 cm³/mol. The maximum absolute atomic E-state index is 12.8. The first-order valence-corrected chi connectivity index (χ1v) is 9.12. The molecule has 3 rings (SSSR count). The Hall–Kier alpha value is -2.05. The van der Waals surface area contributed by atoms with Gasteiger partial charge in [-0.2, -0.15) is 13.2 Å². The fraction of sp³-hybridized carbons (Fsp3) is 0.429.